The summed E-state index contributed by atoms with van der Waals surface area (Å²) in [5, 5.41) is 0.654. The van der Waals surface area contributed by atoms with Gasteiger partial charge in [0.25, 0.3) is 0 Å². The minimum Gasteiger partial charge on any atom is -0.382 e. The van der Waals surface area contributed by atoms with Gasteiger partial charge in [0.15, 0.2) is 0 Å². The van der Waals surface area contributed by atoms with Crippen molar-refractivity contribution in [2.75, 3.05) is 18.6 Å². The Morgan fingerprint density at radius 3 is 2.78 bits per heavy atom. The Morgan fingerprint density at radius 1 is 1.30 bits per heavy atom. The van der Waals surface area contributed by atoms with Crippen LogP contribution >= 0.6 is 11.6 Å². The van der Waals surface area contributed by atoms with E-state index in [0.29, 0.717) is 11.6 Å². The summed E-state index contributed by atoms with van der Waals surface area (Å²) < 4.78 is 5.31. The SMILES string of the molecule is COCC(c1ccc(Cl)cc1)N(C=O)c1ccc2nc[nH]c2c1. The molecule has 23 heavy (non-hydrogen) atoms. The van der Waals surface area contributed by atoms with Crippen molar-refractivity contribution in [3.8, 4) is 0 Å². The van der Waals surface area contributed by atoms with Gasteiger partial charge >= 0.3 is 0 Å². The molecule has 1 atom stereocenters. The number of anilines is 1. The molecule has 3 rings (SSSR count). The molecule has 0 spiro atoms. The standard InChI is InChI=1S/C17H16ClN3O2/c1-23-9-17(12-2-4-13(18)5-3-12)21(11-22)14-6-7-15-16(8-14)20-10-19-15/h2-8,10-11,17H,9H2,1H3,(H,19,20). The molecule has 1 aromatic heterocycles. The van der Waals surface area contributed by atoms with Crippen LogP contribution in [0.3, 0.4) is 0 Å². The molecule has 5 nitrogen and oxygen atoms in total. The van der Waals surface area contributed by atoms with Crippen LogP contribution in [0.5, 0.6) is 0 Å². The molecule has 0 radical (unpaired) electrons. The maximum Gasteiger partial charge on any atom is 0.214 e. The third-order valence-corrected chi connectivity index (χ3v) is 3.98. The van der Waals surface area contributed by atoms with Gasteiger partial charge in [-0.1, -0.05) is 23.7 Å². The van der Waals surface area contributed by atoms with E-state index in [1.807, 2.05) is 30.3 Å². The number of fused-ring (bicyclic) bond motifs is 1. The molecule has 0 saturated heterocycles. The van der Waals surface area contributed by atoms with E-state index in [4.69, 9.17) is 16.3 Å². The molecule has 6 heteroatoms. The van der Waals surface area contributed by atoms with Crippen molar-refractivity contribution in [2.45, 2.75) is 6.04 Å². The van der Waals surface area contributed by atoms with Gasteiger partial charge in [0, 0.05) is 17.8 Å². The third-order valence-electron chi connectivity index (χ3n) is 3.73. The number of amides is 1. The summed E-state index contributed by atoms with van der Waals surface area (Å²) in [6.07, 6.45) is 2.45. The molecule has 0 fully saturated rings. The first-order chi connectivity index (χ1) is 11.2. The van der Waals surface area contributed by atoms with E-state index in [9.17, 15) is 4.79 Å². The first-order valence-electron chi connectivity index (χ1n) is 7.14. The quantitative estimate of drug-likeness (QED) is 0.703. The lowest BCUT2D eigenvalue weighted by Gasteiger charge is -2.28. The fourth-order valence-electron chi connectivity index (χ4n) is 2.58. The zero-order chi connectivity index (χ0) is 16.2. The second-order valence-electron chi connectivity index (χ2n) is 5.14. The number of carbonyl (C=O) groups is 1. The zero-order valence-electron chi connectivity index (χ0n) is 12.6. The predicted molar refractivity (Wildman–Crippen MR) is 90.7 cm³/mol. The van der Waals surface area contributed by atoms with E-state index in [0.717, 1.165) is 28.7 Å². The molecule has 0 aliphatic carbocycles. The monoisotopic (exact) mass is 329 g/mol. The van der Waals surface area contributed by atoms with Gasteiger partial charge < -0.3 is 14.6 Å². The summed E-state index contributed by atoms with van der Waals surface area (Å²) in [4.78, 5) is 20.6. The lowest BCUT2D eigenvalue weighted by atomic mass is 10.1. The minimum atomic E-state index is -0.241. The molecular weight excluding hydrogens is 314 g/mol. The number of rotatable bonds is 6. The molecular formula is C17H16ClN3O2. The average Bonchev–Trinajstić information content (AvgIpc) is 3.03. The predicted octanol–water partition coefficient (Wildman–Crippen LogP) is 3.57. The first kappa shape index (κ1) is 15.5. The molecule has 118 valence electrons. The van der Waals surface area contributed by atoms with Gasteiger partial charge in [0.1, 0.15) is 0 Å². The van der Waals surface area contributed by atoms with E-state index < -0.39 is 0 Å². The van der Waals surface area contributed by atoms with E-state index in [-0.39, 0.29) is 6.04 Å². The van der Waals surface area contributed by atoms with Crippen LogP contribution in [0.25, 0.3) is 11.0 Å². The number of nitrogens with one attached hydrogen (secondary N) is 1. The van der Waals surface area contributed by atoms with Crippen LogP contribution in [0.1, 0.15) is 11.6 Å². The molecule has 2 aromatic carbocycles. The summed E-state index contributed by atoms with van der Waals surface area (Å²) in [5.41, 5.74) is 3.46. The number of benzene rings is 2. The van der Waals surface area contributed by atoms with Crippen molar-refractivity contribution < 1.29 is 9.53 Å². The minimum absolute atomic E-state index is 0.241. The number of hydrogen-bond acceptors (Lipinski definition) is 3. The van der Waals surface area contributed by atoms with Crippen molar-refractivity contribution in [2.24, 2.45) is 0 Å². The van der Waals surface area contributed by atoms with E-state index in [2.05, 4.69) is 9.97 Å². The van der Waals surface area contributed by atoms with Crippen molar-refractivity contribution >= 4 is 34.7 Å². The number of hydrogen-bond donors (Lipinski definition) is 1. The number of aromatic nitrogens is 2. The normalized spacial score (nSPS) is 12.3. The number of nitrogens with zero attached hydrogens (tertiary/aromatic N) is 2. The van der Waals surface area contributed by atoms with Gasteiger partial charge in [0.05, 0.1) is 30.0 Å². The van der Waals surface area contributed by atoms with Crippen LogP contribution in [0, 0.1) is 0 Å². The zero-order valence-corrected chi connectivity index (χ0v) is 13.3. The van der Waals surface area contributed by atoms with Crippen molar-refractivity contribution in [3.05, 3.63) is 59.4 Å². The number of ether oxygens (including phenoxy) is 1. The van der Waals surface area contributed by atoms with Crippen LogP contribution in [0.2, 0.25) is 5.02 Å². The second-order valence-corrected chi connectivity index (χ2v) is 5.58. The van der Waals surface area contributed by atoms with Gasteiger partial charge in [-0.25, -0.2) is 4.98 Å². The summed E-state index contributed by atoms with van der Waals surface area (Å²) in [5.74, 6) is 0. The number of aromatic amines is 1. The molecule has 1 amide bonds. The topological polar surface area (TPSA) is 58.2 Å². The highest BCUT2D eigenvalue weighted by Gasteiger charge is 2.21. The molecule has 3 aromatic rings. The highest BCUT2D eigenvalue weighted by atomic mass is 35.5. The fraction of sp³-hybridized carbons (Fsp3) is 0.176. The highest BCUT2D eigenvalue weighted by molar-refractivity contribution is 6.30. The highest BCUT2D eigenvalue weighted by Crippen LogP contribution is 2.28. The molecule has 0 saturated carbocycles. The number of carbonyl (C=O) groups excluding carboxylic acids is 1. The first-order valence-corrected chi connectivity index (χ1v) is 7.52. The van der Waals surface area contributed by atoms with Gasteiger partial charge in [-0.05, 0) is 35.9 Å². The number of H-pyrrole nitrogens is 1. The lowest BCUT2D eigenvalue weighted by Crippen LogP contribution is -2.30. The Balaban J connectivity index is 2.00. The Bertz CT molecular complexity index is 801. The van der Waals surface area contributed by atoms with Crippen LogP contribution in [-0.2, 0) is 9.53 Å². The third kappa shape index (κ3) is 3.21. The Hall–Kier alpha value is -2.37. The summed E-state index contributed by atoms with van der Waals surface area (Å²) in [6.45, 7) is 0.376. The second kappa shape index (κ2) is 6.81. The lowest BCUT2D eigenvalue weighted by molar-refractivity contribution is -0.108. The Kier molecular flexibility index (Phi) is 4.60. The van der Waals surface area contributed by atoms with Gasteiger partial charge in [0.2, 0.25) is 6.41 Å². The molecule has 1 unspecified atom stereocenters. The van der Waals surface area contributed by atoms with Gasteiger partial charge in [-0.3, -0.25) is 4.79 Å². The van der Waals surface area contributed by atoms with Crippen LogP contribution < -0.4 is 4.90 Å². The van der Waals surface area contributed by atoms with E-state index in [1.54, 1.807) is 30.5 Å². The van der Waals surface area contributed by atoms with E-state index in [1.165, 1.54) is 0 Å². The van der Waals surface area contributed by atoms with Gasteiger partial charge in [-0.15, -0.1) is 0 Å². The maximum absolute atomic E-state index is 11.8. The molecule has 0 bridgehead atoms. The molecule has 1 N–H and O–H groups in total. The Labute approximate surface area is 138 Å². The van der Waals surface area contributed by atoms with Crippen molar-refractivity contribution in [1.82, 2.24) is 9.97 Å². The summed E-state index contributed by atoms with van der Waals surface area (Å²) in [7, 11) is 1.62. The summed E-state index contributed by atoms with van der Waals surface area (Å²) >= 11 is 5.95. The average molecular weight is 330 g/mol. The molecule has 0 aliphatic rings. The molecule has 1 heterocycles. The van der Waals surface area contributed by atoms with E-state index >= 15 is 0 Å². The number of imidazole rings is 1. The fourth-order valence-corrected chi connectivity index (χ4v) is 2.70. The maximum atomic E-state index is 11.8. The van der Waals surface area contributed by atoms with Gasteiger partial charge in [-0.2, -0.15) is 0 Å². The number of methoxy groups -OCH3 is 1. The Morgan fingerprint density at radius 2 is 2.09 bits per heavy atom. The summed E-state index contributed by atoms with van der Waals surface area (Å²) in [6, 6.07) is 12.8. The smallest absolute Gasteiger partial charge is 0.214 e. The van der Waals surface area contributed by atoms with Crippen LogP contribution in [0.4, 0.5) is 5.69 Å². The number of halogens is 1. The van der Waals surface area contributed by atoms with Crippen LogP contribution in [0.15, 0.2) is 48.8 Å². The largest absolute Gasteiger partial charge is 0.382 e. The molecule has 0 aliphatic heterocycles. The van der Waals surface area contributed by atoms with Crippen molar-refractivity contribution in [3.63, 3.8) is 0 Å². The van der Waals surface area contributed by atoms with Crippen LogP contribution in [-0.4, -0.2) is 30.1 Å². The van der Waals surface area contributed by atoms with Crippen molar-refractivity contribution in [1.29, 1.82) is 0 Å².